The van der Waals surface area contributed by atoms with Gasteiger partial charge in [0.25, 0.3) is 0 Å². The summed E-state index contributed by atoms with van der Waals surface area (Å²) in [5.41, 5.74) is 0.148. The summed E-state index contributed by atoms with van der Waals surface area (Å²) < 4.78 is 38.0. The van der Waals surface area contributed by atoms with E-state index in [0.29, 0.717) is 24.7 Å². The van der Waals surface area contributed by atoms with E-state index in [1.54, 1.807) is 24.3 Å². The molecule has 10 heteroatoms. The molecule has 1 saturated heterocycles. The average Bonchev–Trinajstić information content (AvgIpc) is 2.73. The van der Waals surface area contributed by atoms with E-state index in [0.717, 1.165) is 0 Å². The number of halogens is 1. The Bertz CT molecular complexity index is 1010. The Morgan fingerprint density at radius 2 is 1.82 bits per heavy atom. The first-order chi connectivity index (χ1) is 13.4. The van der Waals surface area contributed by atoms with Crippen LogP contribution in [0.3, 0.4) is 0 Å². The number of hydrogen-bond acceptors (Lipinski definition) is 7. The summed E-state index contributed by atoms with van der Waals surface area (Å²) in [4.78, 5) is 6.23. The number of pyridine rings is 1. The molecule has 0 amide bonds. The second-order valence-electron chi connectivity index (χ2n) is 6.02. The van der Waals surface area contributed by atoms with Gasteiger partial charge < -0.3 is 14.4 Å². The predicted molar refractivity (Wildman–Crippen MR) is 104 cm³/mol. The minimum absolute atomic E-state index is 0.0687. The smallest absolute Gasteiger partial charge is 0.247 e. The lowest BCUT2D eigenvalue weighted by atomic mass is 10.3. The van der Waals surface area contributed by atoms with Gasteiger partial charge in [-0.15, -0.1) is 0 Å². The van der Waals surface area contributed by atoms with Crippen molar-refractivity contribution >= 4 is 27.4 Å². The Labute approximate surface area is 168 Å². The molecular weight excluding hydrogens is 404 g/mol. The van der Waals surface area contributed by atoms with E-state index in [4.69, 9.17) is 26.3 Å². The van der Waals surface area contributed by atoms with Gasteiger partial charge in [0.15, 0.2) is 5.69 Å². The predicted octanol–water partition coefficient (Wildman–Crippen LogP) is 2.13. The SMILES string of the molecule is COc1ccc(OC)c(S(=O)(=O)N2CCN(c3ccc(Cl)c(C#N)n3)CC2)c1. The molecule has 2 aromatic rings. The quantitative estimate of drug-likeness (QED) is 0.728. The number of nitrogens with zero attached hydrogens (tertiary/aromatic N) is 4. The maximum absolute atomic E-state index is 13.1. The van der Waals surface area contributed by atoms with Crippen LogP contribution in [0.25, 0.3) is 0 Å². The van der Waals surface area contributed by atoms with E-state index < -0.39 is 10.0 Å². The second kappa shape index (κ2) is 8.22. The third kappa shape index (κ3) is 3.85. The minimum atomic E-state index is -3.75. The summed E-state index contributed by atoms with van der Waals surface area (Å²) in [7, 11) is -0.849. The van der Waals surface area contributed by atoms with Crippen molar-refractivity contribution in [2.45, 2.75) is 4.90 Å². The van der Waals surface area contributed by atoms with Crippen molar-refractivity contribution in [3.8, 4) is 17.6 Å². The molecule has 0 aliphatic carbocycles. The van der Waals surface area contributed by atoms with Crippen LogP contribution in [0, 0.1) is 11.3 Å². The summed E-state index contributed by atoms with van der Waals surface area (Å²) in [6.45, 7) is 1.42. The summed E-state index contributed by atoms with van der Waals surface area (Å²) >= 11 is 5.93. The molecule has 148 valence electrons. The van der Waals surface area contributed by atoms with Crippen molar-refractivity contribution in [1.29, 1.82) is 5.26 Å². The van der Waals surface area contributed by atoms with Crippen LogP contribution in [0.1, 0.15) is 5.69 Å². The lowest BCUT2D eigenvalue weighted by Crippen LogP contribution is -2.49. The first kappa shape index (κ1) is 20.2. The molecule has 0 radical (unpaired) electrons. The van der Waals surface area contributed by atoms with Crippen molar-refractivity contribution in [2.75, 3.05) is 45.3 Å². The molecule has 1 aromatic carbocycles. The molecule has 1 aliphatic rings. The second-order valence-corrected chi connectivity index (χ2v) is 8.33. The van der Waals surface area contributed by atoms with Crippen LogP contribution in [0.15, 0.2) is 35.2 Å². The number of aromatic nitrogens is 1. The van der Waals surface area contributed by atoms with Gasteiger partial charge in [-0.05, 0) is 24.3 Å². The number of methoxy groups -OCH3 is 2. The minimum Gasteiger partial charge on any atom is -0.497 e. The van der Waals surface area contributed by atoms with Crippen LogP contribution >= 0.6 is 11.6 Å². The Morgan fingerprint density at radius 1 is 1.11 bits per heavy atom. The van der Waals surface area contributed by atoms with E-state index in [2.05, 4.69) is 4.98 Å². The molecule has 3 rings (SSSR count). The zero-order chi connectivity index (χ0) is 20.3. The number of nitriles is 1. The van der Waals surface area contributed by atoms with E-state index >= 15 is 0 Å². The first-order valence-corrected chi connectivity index (χ1v) is 10.3. The molecule has 1 fully saturated rings. The summed E-state index contributed by atoms with van der Waals surface area (Å²) in [5, 5.41) is 9.37. The fourth-order valence-corrected chi connectivity index (χ4v) is 4.71. The molecule has 0 unspecified atom stereocenters. The summed E-state index contributed by atoms with van der Waals surface area (Å²) in [6, 6.07) is 9.97. The van der Waals surface area contributed by atoms with Crippen LogP contribution < -0.4 is 14.4 Å². The Hall–Kier alpha value is -2.54. The molecular formula is C18H19ClN4O4S. The van der Waals surface area contributed by atoms with Gasteiger partial charge in [-0.25, -0.2) is 13.4 Å². The molecule has 0 spiro atoms. The first-order valence-electron chi connectivity index (χ1n) is 8.44. The Balaban J connectivity index is 1.80. The summed E-state index contributed by atoms with van der Waals surface area (Å²) in [6.07, 6.45) is 0. The van der Waals surface area contributed by atoms with E-state index in [1.807, 2.05) is 11.0 Å². The molecule has 8 nitrogen and oxygen atoms in total. The molecule has 28 heavy (non-hydrogen) atoms. The average molecular weight is 423 g/mol. The Morgan fingerprint density at radius 3 is 2.43 bits per heavy atom. The fourth-order valence-electron chi connectivity index (χ4n) is 2.97. The third-order valence-electron chi connectivity index (χ3n) is 4.49. The third-order valence-corrected chi connectivity index (χ3v) is 6.71. The van der Waals surface area contributed by atoms with Crippen molar-refractivity contribution < 1.29 is 17.9 Å². The standard InChI is InChI=1S/C18H19ClN4O4S/c1-26-13-3-5-16(27-2)17(11-13)28(24,25)23-9-7-22(8-10-23)18-6-4-14(19)15(12-20)21-18/h3-6,11H,7-10H2,1-2H3. The normalized spacial score (nSPS) is 15.1. The number of hydrogen-bond donors (Lipinski definition) is 0. The topological polar surface area (TPSA) is 95.8 Å². The van der Waals surface area contributed by atoms with Crippen molar-refractivity contribution in [3.63, 3.8) is 0 Å². The highest BCUT2D eigenvalue weighted by Gasteiger charge is 2.31. The molecule has 2 heterocycles. The lowest BCUT2D eigenvalue weighted by Gasteiger charge is -2.35. The van der Waals surface area contributed by atoms with Crippen molar-refractivity contribution in [2.24, 2.45) is 0 Å². The Kier molecular flexibility index (Phi) is 5.93. The van der Waals surface area contributed by atoms with Gasteiger partial charge in [0, 0.05) is 32.2 Å². The van der Waals surface area contributed by atoms with E-state index in [1.165, 1.54) is 24.6 Å². The van der Waals surface area contributed by atoms with Gasteiger partial charge in [-0.2, -0.15) is 9.57 Å². The van der Waals surface area contributed by atoms with Gasteiger partial charge in [0.05, 0.1) is 19.2 Å². The number of sulfonamides is 1. The van der Waals surface area contributed by atoms with Crippen LogP contribution in [-0.2, 0) is 10.0 Å². The lowest BCUT2D eigenvalue weighted by molar-refractivity contribution is 0.370. The number of piperazine rings is 1. The number of benzene rings is 1. The number of ether oxygens (including phenoxy) is 2. The maximum Gasteiger partial charge on any atom is 0.247 e. The highest BCUT2D eigenvalue weighted by atomic mass is 35.5. The monoisotopic (exact) mass is 422 g/mol. The van der Waals surface area contributed by atoms with Crippen LogP contribution in [0.2, 0.25) is 5.02 Å². The van der Waals surface area contributed by atoms with E-state index in [9.17, 15) is 8.42 Å². The van der Waals surface area contributed by atoms with Crippen molar-refractivity contribution in [3.05, 3.63) is 41.0 Å². The molecule has 1 aromatic heterocycles. The number of anilines is 1. The fraction of sp³-hybridized carbons (Fsp3) is 0.333. The molecule has 0 bridgehead atoms. The maximum atomic E-state index is 13.1. The zero-order valence-corrected chi connectivity index (χ0v) is 17.0. The molecule has 0 N–H and O–H groups in total. The summed E-state index contributed by atoms with van der Waals surface area (Å²) in [5.74, 6) is 1.30. The van der Waals surface area contributed by atoms with Crippen LogP contribution in [0.5, 0.6) is 11.5 Å². The largest absolute Gasteiger partial charge is 0.497 e. The number of rotatable bonds is 5. The van der Waals surface area contributed by atoms with Gasteiger partial charge in [0.2, 0.25) is 10.0 Å². The van der Waals surface area contributed by atoms with Gasteiger partial charge in [-0.1, -0.05) is 11.6 Å². The molecule has 0 saturated carbocycles. The highest BCUT2D eigenvalue weighted by molar-refractivity contribution is 7.89. The van der Waals surface area contributed by atoms with Crippen LogP contribution in [-0.4, -0.2) is 58.1 Å². The van der Waals surface area contributed by atoms with E-state index in [-0.39, 0.29) is 34.5 Å². The highest BCUT2D eigenvalue weighted by Crippen LogP contribution is 2.31. The van der Waals surface area contributed by atoms with Gasteiger partial charge in [0.1, 0.15) is 28.3 Å². The van der Waals surface area contributed by atoms with Crippen molar-refractivity contribution in [1.82, 2.24) is 9.29 Å². The molecule has 0 atom stereocenters. The van der Waals surface area contributed by atoms with Crippen LogP contribution in [0.4, 0.5) is 5.82 Å². The zero-order valence-electron chi connectivity index (χ0n) is 15.4. The molecule has 1 aliphatic heterocycles. The van der Waals surface area contributed by atoms with Gasteiger partial charge in [-0.3, -0.25) is 0 Å². The van der Waals surface area contributed by atoms with Gasteiger partial charge >= 0.3 is 0 Å².